The van der Waals surface area contributed by atoms with Crippen molar-refractivity contribution >= 4 is 6.21 Å². The molecule has 1 fully saturated rings. The number of rotatable bonds is 4. The summed E-state index contributed by atoms with van der Waals surface area (Å²) < 4.78 is 2.08. The first-order valence-corrected chi connectivity index (χ1v) is 8.30. The average molecular weight is 310 g/mol. The van der Waals surface area contributed by atoms with Gasteiger partial charge in [0.15, 0.2) is 0 Å². The van der Waals surface area contributed by atoms with Gasteiger partial charge in [0.25, 0.3) is 0 Å². The van der Waals surface area contributed by atoms with Crippen LogP contribution in [-0.2, 0) is 13.6 Å². The summed E-state index contributed by atoms with van der Waals surface area (Å²) in [7, 11) is 2.04. The third kappa shape index (κ3) is 4.02. The molecule has 0 unspecified atom stereocenters. The fourth-order valence-corrected chi connectivity index (χ4v) is 3.02. The van der Waals surface area contributed by atoms with Gasteiger partial charge in [-0.1, -0.05) is 23.8 Å². The van der Waals surface area contributed by atoms with Crippen LogP contribution in [0.15, 0.2) is 41.6 Å². The van der Waals surface area contributed by atoms with Crippen LogP contribution in [0.1, 0.15) is 22.4 Å². The quantitative estimate of drug-likeness (QED) is 0.811. The first-order valence-electron chi connectivity index (χ1n) is 8.30. The number of piperazine rings is 1. The molecule has 1 aromatic carbocycles. The molecule has 0 spiro atoms. The maximum absolute atomic E-state index is 4.62. The van der Waals surface area contributed by atoms with Crippen molar-refractivity contribution in [2.45, 2.75) is 20.4 Å². The predicted molar refractivity (Wildman–Crippen MR) is 95.8 cm³/mol. The van der Waals surface area contributed by atoms with E-state index < -0.39 is 0 Å². The minimum Gasteiger partial charge on any atom is -0.350 e. The van der Waals surface area contributed by atoms with Gasteiger partial charge in [-0.05, 0) is 37.1 Å². The summed E-state index contributed by atoms with van der Waals surface area (Å²) in [6, 6.07) is 10.9. The molecule has 23 heavy (non-hydrogen) atoms. The van der Waals surface area contributed by atoms with Gasteiger partial charge in [-0.25, -0.2) is 0 Å². The summed E-state index contributed by atoms with van der Waals surface area (Å²) in [4.78, 5) is 2.52. The molecule has 1 aliphatic heterocycles. The molecule has 2 heterocycles. The molecule has 0 aliphatic carbocycles. The molecule has 4 nitrogen and oxygen atoms in total. The Balaban J connectivity index is 1.52. The Hall–Kier alpha value is -2.07. The lowest BCUT2D eigenvalue weighted by atomic mass is 10.1. The SMILES string of the molecule is Cc1ccc(CN2CCN(/N=C\c3cccn3C)CC2)c(C)c1. The van der Waals surface area contributed by atoms with Gasteiger partial charge in [-0.15, -0.1) is 0 Å². The first kappa shape index (κ1) is 15.8. The molecule has 0 radical (unpaired) electrons. The van der Waals surface area contributed by atoms with Gasteiger partial charge >= 0.3 is 0 Å². The zero-order valence-corrected chi connectivity index (χ0v) is 14.4. The summed E-state index contributed by atoms with van der Waals surface area (Å²) >= 11 is 0. The van der Waals surface area contributed by atoms with E-state index in [1.807, 2.05) is 25.5 Å². The fourth-order valence-electron chi connectivity index (χ4n) is 3.02. The van der Waals surface area contributed by atoms with Crippen LogP contribution in [0.4, 0.5) is 0 Å². The van der Waals surface area contributed by atoms with Crippen LogP contribution in [0.5, 0.6) is 0 Å². The van der Waals surface area contributed by atoms with Crippen molar-refractivity contribution < 1.29 is 0 Å². The molecule has 0 bridgehead atoms. The minimum absolute atomic E-state index is 0.992. The van der Waals surface area contributed by atoms with Crippen molar-refractivity contribution in [1.29, 1.82) is 0 Å². The highest BCUT2D eigenvalue weighted by Gasteiger charge is 2.16. The summed E-state index contributed by atoms with van der Waals surface area (Å²) in [5.74, 6) is 0. The van der Waals surface area contributed by atoms with Gasteiger partial charge in [-0.3, -0.25) is 9.91 Å². The Morgan fingerprint density at radius 2 is 1.87 bits per heavy atom. The van der Waals surface area contributed by atoms with Crippen LogP contribution >= 0.6 is 0 Å². The van der Waals surface area contributed by atoms with Crippen LogP contribution in [-0.4, -0.2) is 46.9 Å². The van der Waals surface area contributed by atoms with Crippen molar-refractivity contribution in [2.75, 3.05) is 26.2 Å². The molecular formula is C19H26N4. The van der Waals surface area contributed by atoms with Crippen LogP contribution in [0.2, 0.25) is 0 Å². The van der Waals surface area contributed by atoms with E-state index in [4.69, 9.17) is 0 Å². The lowest BCUT2D eigenvalue weighted by molar-refractivity contribution is 0.131. The molecular weight excluding hydrogens is 284 g/mol. The Morgan fingerprint density at radius 3 is 2.52 bits per heavy atom. The molecule has 0 N–H and O–H groups in total. The van der Waals surface area contributed by atoms with Gasteiger partial charge < -0.3 is 4.57 Å². The lowest BCUT2D eigenvalue weighted by Gasteiger charge is -2.33. The lowest BCUT2D eigenvalue weighted by Crippen LogP contribution is -2.43. The van der Waals surface area contributed by atoms with Crippen molar-refractivity contribution in [3.05, 3.63) is 58.9 Å². The fraction of sp³-hybridized carbons (Fsp3) is 0.421. The van der Waals surface area contributed by atoms with Crippen LogP contribution in [0, 0.1) is 13.8 Å². The van der Waals surface area contributed by atoms with E-state index in [9.17, 15) is 0 Å². The highest BCUT2D eigenvalue weighted by atomic mass is 15.5. The van der Waals surface area contributed by atoms with E-state index >= 15 is 0 Å². The zero-order valence-electron chi connectivity index (χ0n) is 14.4. The van der Waals surface area contributed by atoms with Crippen molar-refractivity contribution in [1.82, 2.24) is 14.5 Å². The molecule has 1 aromatic heterocycles. The molecule has 0 atom stereocenters. The second kappa shape index (κ2) is 7.01. The molecule has 4 heteroatoms. The molecule has 0 amide bonds. The summed E-state index contributed by atoms with van der Waals surface area (Å²) in [6.07, 6.45) is 4.00. The zero-order chi connectivity index (χ0) is 16.2. The van der Waals surface area contributed by atoms with E-state index in [0.29, 0.717) is 0 Å². The highest BCUT2D eigenvalue weighted by Crippen LogP contribution is 2.14. The van der Waals surface area contributed by atoms with Gasteiger partial charge in [0, 0.05) is 46.0 Å². The van der Waals surface area contributed by atoms with E-state index in [-0.39, 0.29) is 0 Å². The van der Waals surface area contributed by atoms with E-state index in [2.05, 4.69) is 57.7 Å². The van der Waals surface area contributed by atoms with Gasteiger partial charge in [-0.2, -0.15) is 5.10 Å². The van der Waals surface area contributed by atoms with Crippen molar-refractivity contribution in [2.24, 2.45) is 12.1 Å². The molecule has 0 saturated carbocycles. The van der Waals surface area contributed by atoms with E-state index in [1.165, 1.54) is 16.7 Å². The summed E-state index contributed by atoms with van der Waals surface area (Å²) in [5, 5.41) is 6.79. The van der Waals surface area contributed by atoms with Gasteiger partial charge in [0.1, 0.15) is 0 Å². The number of benzene rings is 1. The molecule has 122 valence electrons. The Morgan fingerprint density at radius 1 is 1.09 bits per heavy atom. The highest BCUT2D eigenvalue weighted by molar-refractivity contribution is 5.77. The molecule has 1 saturated heterocycles. The van der Waals surface area contributed by atoms with Crippen LogP contribution in [0.3, 0.4) is 0 Å². The number of hydrogen-bond donors (Lipinski definition) is 0. The molecule has 3 rings (SSSR count). The largest absolute Gasteiger partial charge is 0.350 e. The summed E-state index contributed by atoms with van der Waals surface area (Å²) in [5.41, 5.74) is 5.32. The second-order valence-corrected chi connectivity index (χ2v) is 6.45. The Labute approximate surface area is 139 Å². The van der Waals surface area contributed by atoms with Crippen LogP contribution in [0.25, 0.3) is 0 Å². The average Bonchev–Trinajstić information content (AvgIpc) is 2.95. The normalized spacial score (nSPS) is 16.4. The van der Waals surface area contributed by atoms with E-state index in [1.54, 1.807) is 0 Å². The number of nitrogens with zero attached hydrogens (tertiary/aromatic N) is 4. The van der Waals surface area contributed by atoms with Crippen molar-refractivity contribution in [3.8, 4) is 0 Å². The number of hydrogen-bond acceptors (Lipinski definition) is 3. The topological polar surface area (TPSA) is 23.8 Å². The first-order chi connectivity index (χ1) is 11.1. The predicted octanol–water partition coefficient (Wildman–Crippen LogP) is 2.79. The maximum Gasteiger partial charge on any atom is 0.0707 e. The minimum atomic E-state index is 0.992. The molecule has 1 aliphatic rings. The third-order valence-corrected chi connectivity index (χ3v) is 4.58. The standard InChI is InChI=1S/C19H26N4/c1-16-6-7-18(17(2)13-16)15-22-9-11-23(12-10-22)20-14-19-5-4-8-21(19)3/h4-8,13-14H,9-12,15H2,1-3H3/b20-14-. The van der Waals surface area contributed by atoms with Gasteiger partial charge in [0.05, 0.1) is 11.9 Å². The maximum atomic E-state index is 4.62. The number of aromatic nitrogens is 1. The van der Waals surface area contributed by atoms with Crippen LogP contribution < -0.4 is 0 Å². The van der Waals surface area contributed by atoms with E-state index in [0.717, 1.165) is 38.4 Å². The number of aryl methyl sites for hydroxylation is 3. The Kier molecular flexibility index (Phi) is 4.82. The number of hydrazone groups is 1. The third-order valence-electron chi connectivity index (χ3n) is 4.58. The Bertz CT molecular complexity index is 678. The molecule has 2 aromatic rings. The monoisotopic (exact) mass is 310 g/mol. The van der Waals surface area contributed by atoms with Crippen molar-refractivity contribution in [3.63, 3.8) is 0 Å². The van der Waals surface area contributed by atoms with Gasteiger partial charge in [0.2, 0.25) is 0 Å². The second-order valence-electron chi connectivity index (χ2n) is 6.45. The smallest absolute Gasteiger partial charge is 0.0707 e. The summed E-state index contributed by atoms with van der Waals surface area (Å²) in [6.45, 7) is 9.53.